The Hall–Kier alpha value is -4.12. The van der Waals surface area contributed by atoms with E-state index >= 15 is 4.39 Å². The molecule has 4 aliphatic rings. The molecule has 2 aliphatic heterocycles. The summed E-state index contributed by atoms with van der Waals surface area (Å²) in [6.45, 7) is 4.73. The second-order valence-electron chi connectivity index (χ2n) is 12.5. The highest BCUT2D eigenvalue weighted by Crippen LogP contribution is 2.46. The molecule has 2 atom stereocenters. The van der Waals surface area contributed by atoms with Crippen LogP contribution in [0.3, 0.4) is 0 Å². The molecule has 230 valence electrons. The van der Waals surface area contributed by atoms with E-state index in [0.29, 0.717) is 61.0 Å². The minimum absolute atomic E-state index is 0.0235. The lowest BCUT2D eigenvalue weighted by Gasteiger charge is -2.32. The number of carbonyl (C=O) groups excluding carboxylic acids is 3. The fraction of sp³-hybridized carbons (Fsp3) is 0.485. The number of carbonyl (C=O) groups is 3. The predicted octanol–water partition coefficient (Wildman–Crippen LogP) is 3.75. The highest BCUT2D eigenvalue weighted by atomic mass is 19.1. The van der Waals surface area contributed by atoms with Crippen LogP contribution >= 0.6 is 0 Å². The Morgan fingerprint density at radius 1 is 1.16 bits per heavy atom. The molecule has 2 aliphatic carbocycles. The molecule has 2 N–H and O–H groups in total. The molecule has 0 bridgehead atoms. The lowest BCUT2D eigenvalue weighted by Crippen LogP contribution is -2.44. The minimum Gasteiger partial charge on any atom is -0.463 e. The van der Waals surface area contributed by atoms with E-state index in [4.69, 9.17) is 14.5 Å². The van der Waals surface area contributed by atoms with Gasteiger partial charge >= 0.3 is 11.9 Å². The number of fused-ring (bicyclic) bond motifs is 5. The molecule has 1 fully saturated rings. The monoisotopic (exact) mass is 603 g/mol. The van der Waals surface area contributed by atoms with Gasteiger partial charge in [-0.15, -0.1) is 0 Å². The second kappa shape index (κ2) is 10.2. The number of aromatic nitrogens is 2. The van der Waals surface area contributed by atoms with E-state index in [9.17, 15) is 24.3 Å². The number of hydrogen-bond acceptors (Lipinski definition) is 8. The normalized spacial score (nSPS) is 25.1. The largest absolute Gasteiger partial charge is 0.463 e. The van der Waals surface area contributed by atoms with Gasteiger partial charge in [-0.05, 0) is 74.6 Å². The number of aliphatic hydroxyl groups is 1. The number of ether oxygens (including phenoxy) is 2. The zero-order valence-electron chi connectivity index (χ0n) is 24.9. The van der Waals surface area contributed by atoms with E-state index in [0.717, 1.165) is 22.1 Å². The van der Waals surface area contributed by atoms with E-state index in [-0.39, 0.29) is 72.0 Å². The number of esters is 2. The van der Waals surface area contributed by atoms with Crippen molar-refractivity contribution in [2.75, 3.05) is 0 Å². The number of amides is 1. The molecule has 0 unspecified atom stereocenters. The van der Waals surface area contributed by atoms with Gasteiger partial charge in [0.25, 0.3) is 5.56 Å². The summed E-state index contributed by atoms with van der Waals surface area (Å²) in [7, 11) is 0. The number of cyclic esters (lactones) is 1. The molecule has 1 saturated carbocycles. The number of benzene rings is 1. The van der Waals surface area contributed by atoms with Crippen LogP contribution in [0.5, 0.6) is 0 Å². The van der Waals surface area contributed by atoms with Crippen LogP contribution in [0.2, 0.25) is 0 Å². The topological polar surface area (TPSA) is 137 Å². The summed E-state index contributed by atoms with van der Waals surface area (Å²) in [6, 6.07) is 2.65. The Bertz CT molecular complexity index is 1840. The zero-order valence-corrected chi connectivity index (χ0v) is 24.9. The van der Waals surface area contributed by atoms with E-state index in [1.54, 1.807) is 24.5 Å². The van der Waals surface area contributed by atoms with Crippen molar-refractivity contribution in [2.24, 2.45) is 5.92 Å². The summed E-state index contributed by atoms with van der Waals surface area (Å²) in [5, 5.41) is 15.3. The maximum Gasteiger partial charge on any atom is 0.343 e. The number of nitrogens with one attached hydrogen (secondary N) is 1. The Morgan fingerprint density at radius 3 is 2.61 bits per heavy atom. The molecule has 0 spiro atoms. The van der Waals surface area contributed by atoms with Gasteiger partial charge in [-0.25, -0.2) is 14.2 Å². The number of halogens is 1. The smallest absolute Gasteiger partial charge is 0.343 e. The third-order valence-corrected chi connectivity index (χ3v) is 10.1. The third-order valence-electron chi connectivity index (χ3n) is 10.1. The zero-order chi connectivity index (χ0) is 31.1. The highest BCUT2D eigenvalue weighted by Gasteiger charge is 2.46. The first-order valence-corrected chi connectivity index (χ1v) is 15.3. The number of hydrogen-bond donors (Lipinski definition) is 2. The third kappa shape index (κ3) is 4.19. The van der Waals surface area contributed by atoms with Gasteiger partial charge in [0.1, 0.15) is 18.5 Å². The fourth-order valence-electron chi connectivity index (χ4n) is 7.67. The van der Waals surface area contributed by atoms with Crippen LogP contribution in [-0.4, -0.2) is 38.6 Å². The van der Waals surface area contributed by atoms with Gasteiger partial charge in [0.2, 0.25) is 5.91 Å². The SMILES string of the molecule is CC[C@@]1(O)C(=O)OCc2c1cc1n(c2=O)Cc2c-1nc1cc(F)c(C)c3c1c2[C@@H](NC(=O)[C@H]1CC[C@@H](OC(C)=O)CC1)CC3. The molecule has 3 aromatic rings. The average molecular weight is 604 g/mol. The van der Waals surface area contributed by atoms with Crippen LogP contribution in [0.1, 0.15) is 91.8 Å². The molecule has 0 saturated heterocycles. The lowest BCUT2D eigenvalue weighted by molar-refractivity contribution is -0.172. The van der Waals surface area contributed by atoms with Crippen molar-refractivity contribution in [3.05, 3.63) is 61.7 Å². The molecule has 4 heterocycles. The molecule has 0 radical (unpaired) electrons. The fourth-order valence-corrected chi connectivity index (χ4v) is 7.67. The number of rotatable bonds is 4. The number of aryl methyl sites for hydroxylation is 1. The van der Waals surface area contributed by atoms with Crippen molar-refractivity contribution in [1.82, 2.24) is 14.9 Å². The van der Waals surface area contributed by atoms with Gasteiger partial charge in [-0.3, -0.25) is 14.4 Å². The first-order valence-electron chi connectivity index (χ1n) is 15.3. The molecule has 2 aromatic heterocycles. The van der Waals surface area contributed by atoms with E-state index in [1.807, 2.05) is 0 Å². The Morgan fingerprint density at radius 2 is 1.91 bits per heavy atom. The van der Waals surface area contributed by atoms with Crippen molar-refractivity contribution >= 4 is 28.7 Å². The van der Waals surface area contributed by atoms with Gasteiger partial charge in [-0.2, -0.15) is 0 Å². The summed E-state index contributed by atoms with van der Waals surface area (Å²) in [6.07, 6.45) is 3.42. The molecule has 10 nitrogen and oxygen atoms in total. The molecular formula is C33H34FN3O7. The highest BCUT2D eigenvalue weighted by molar-refractivity contribution is 5.94. The summed E-state index contributed by atoms with van der Waals surface area (Å²) in [4.78, 5) is 56.2. The van der Waals surface area contributed by atoms with E-state index < -0.39 is 11.6 Å². The van der Waals surface area contributed by atoms with Gasteiger partial charge in [0.05, 0.1) is 35.1 Å². The van der Waals surface area contributed by atoms with Crippen molar-refractivity contribution in [1.29, 1.82) is 0 Å². The van der Waals surface area contributed by atoms with E-state index in [2.05, 4.69) is 5.32 Å². The van der Waals surface area contributed by atoms with Crippen LogP contribution in [-0.2, 0) is 49.0 Å². The summed E-state index contributed by atoms with van der Waals surface area (Å²) in [5.74, 6) is -1.80. The molecule has 1 aromatic carbocycles. The van der Waals surface area contributed by atoms with Crippen molar-refractivity contribution in [3.8, 4) is 11.4 Å². The first-order chi connectivity index (χ1) is 21.0. The first kappa shape index (κ1) is 28.6. The summed E-state index contributed by atoms with van der Waals surface area (Å²) < 4.78 is 27.3. The Labute approximate surface area is 252 Å². The minimum atomic E-state index is -1.96. The number of nitrogens with zero attached hydrogens (tertiary/aromatic N) is 2. The molecule has 1 amide bonds. The molecular weight excluding hydrogens is 569 g/mol. The summed E-state index contributed by atoms with van der Waals surface area (Å²) >= 11 is 0. The van der Waals surface area contributed by atoms with Crippen LogP contribution < -0.4 is 10.9 Å². The average Bonchev–Trinajstić information content (AvgIpc) is 3.37. The molecule has 7 rings (SSSR count). The van der Waals surface area contributed by atoms with Gasteiger partial charge in [-0.1, -0.05) is 6.92 Å². The van der Waals surface area contributed by atoms with Crippen LogP contribution in [0, 0.1) is 18.7 Å². The standard InChI is InChI=1S/C33H34FN3O7/c1-4-33(42)22-11-26-29-20(13-37(26)31(40)21(22)14-43-32(33)41)28-24(10-9-19-15(2)23(34)12-25(35-29)27(19)28)36-30(39)17-5-7-18(8-6-17)44-16(3)38/h11-12,17-18,24,42H,4-10,13-14H2,1-3H3,(H,36,39)/t17-,18+,24-,33-/m0/s1. The predicted molar refractivity (Wildman–Crippen MR) is 156 cm³/mol. The van der Waals surface area contributed by atoms with Crippen molar-refractivity contribution < 1.29 is 33.4 Å². The van der Waals surface area contributed by atoms with Crippen molar-refractivity contribution in [3.63, 3.8) is 0 Å². The van der Waals surface area contributed by atoms with Crippen LogP contribution in [0.25, 0.3) is 22.3 Å². The quantitative estimate of drug-likeness (QED) is 0.337. The maximum absolute atomic E-state index is 15.2. The Kier molecular flexibility index (Phi) is 6.65. The summed E-state index contributed by atoms with van der Waals surface area (Å²) in [5.41, 5.74) is 2.42. The second-order valence-corrected chi connectivity index (χ2v) is 12.5. The van der Waals surface area contributed by atoms with Crippen LogP contribution in [0.15, 0.2) is 16.9 Å². The van der Waals surface area contributed by atoms with Crippen LogP contribution in [0.4, 0.5) is 4.39 Å². The maximum atomic E-state index is 15.2. The van der Waals surface area contributed by atoms with Gasteiger partial charge in [0, 0.05) is 35.4 Å². The molecule has 44 heavy (non-hydrogen) atoms. The van der Waals surface area contributed by atoms with Crippen molar-refractivity contribution in [2.45, 2.75) is 96.6 Å². The lowest BCUT2D eigenvalue weighted by atomic mass is 9.81. The number of pyridine rings is 2. The van der Waals surface area contributed by atoms with E-state index in [1.165, 1.54) is 13.0 Å². The molecule has 11 heteroatoms. The van der Waals surface area contributed by atoms with Gasteiger partial charge < -0.3 is 24.5 Å². The van der Waals surface area contributed by atoms with Gasteiger partial charge in [0.15, 0.2) is 5.60 Å². The Balaban J connectivity index is 1.33.